The van der Waals surface area contributed by atoms with Crippen molar-refractivity contribution in [2.24, 2.45) is 0 Å². The van der Waals surface area contributed by atoms with E-state index in [0.717, 1.165) is 31.2 Å². The monoisotopic (exact) mass is 503 g/mol. The topological polar surface area (TPSA) is 111 Å². The Morgan fingerprint density at radius 1 is 1.17 bits per heavy atom. The number of methoxy groups -OCH3 is 1. The summed E-state index contributed by atoms with van der Waals surface area (Å²) in [5.41, 5.74) is 0.612. The van der Waals surface area contributed by atoms with Crippen LogP contribution in [0.4, 0.5) is 5.69 Å². The molecule has 1 N–H and O–H groups in total. The number of halogens is 1. The standard InChI is InChI=1S/C25H30ClN3O6/c1-17(25(31)27-20-6-4-3-5-7-20)28(15-18-8-10-19(26)11-9-18)24(30)16-35-21-12-13-22(29(32)33)23(14-21)34-2/h8-14,17,20H,3-7,15-16H2,1-2H3,(H,27,31)/t17-/m1/s1. The van der Waals surface area contributed by atoms with Crippen LogP contribution in [0.15, 0.2) is 42.5 Å². The molecule has 0 unspecified atom stereocenters. The predicted molar refractivity (Wildman–Crippen MR) is 132 cm³/mol. The van der Waals surface area contributed by atoms with E-state index >= 15 is 0 Å². The van der Waals surface area contributed by atoms with Crippen molar-refractivity contribution in [3.8, 4) is 11.5 Å². The van der Waals surface area contributed by atoms with E-state index in [2.05, 4.69) is 5.32 Å². The predicted octanol–water partition coefficient (Wildman–Crippen LogP) is 4.50. The first-order valence-electron chi connectivity index (χ1n) is 11.6. The van der Waals surface area contributed by atoms with Gasteiger partial charge >= 0.3 is 5.69 Å². The minimum atomic E-state index is -0.727. The van der Waals surface area contributed by atoms with Crippen LogP contribution < -0.4 is 14.8 Å². The average molecular weight is 504 g/mol. The van der Waals surface area contributed by atoms with Gasteiger partial charge in [0.1, 0.15) is 11.8 Å². The van der Waals surface area contributed by atoms with Crippen LogP contribution in [0.3, 0.4) is 0 Å². The van der Waals surface area contributed by atoms with Crippen molar-refractivity contribution in [1.82, 2.24) is 10.2 Å². The van der Waals surface area contributed by atoms with E-state index < -0.39 is 16.9 Å². The molecule has 188 valence electrons. The van der Waals surface area contributed by atoms with Crippen molar-refractivity contribution in [2.75, 3.05) is 13.7 Å². The molecule has 0 spiro atoms. The normalized spacial score (nSPS) is 14.6. The lowest BCUT2D eigenvalue weighted by Crippen LogP contribution is -2.51. The lowest BCUT2D eigenvalue weighted by molar-refractivity contribution is -0.385. The quantitative estimate of drug-likeness (QED) is 0.377. The van der Waals surface area contributed by atoms with Crippen LogP contribution in [0.1, 0.15) is 44.6 Å². The van der Waals surface area contributed by atoms with Crippen LogP contribution in [0.2, 0.25) is 5.02 Å². The number of carbonyl (C=O) groups is 2. The van der Waals surface area contributed by atoms with Gasteiger partial charge in [-0.15, -0.1) is 0 Å². The summed E-state index contributed by atoms with van der Waals surface area (Å²) in [5.74, 6) is -0.343. The molecule has 10 heteroatoms. The summed E-state index contributed by atoms with van der Waals surface area (Å²) in [6.45, 7) is 1.54. The molecule has 1 aliphatic carbocycles. The molecule has 0 saturated heterocycles. The number of hydrogen-bond acceptors (Lipinski definition) is 6. The molecule has 2 aromatic carbocycles. The van der Waals surface area contributed by atoms with Gasteiger partial charge in [-0.3, -0.25) is 19.7 Å². The second-order valence-corrected chi connectivity index (χ2v) is 8.98. The SMILES string of the molecule is COc1cc(OCC(=O)N(Cc2ccc(Cl)cc2)[C@H](C)C(=O)NC2CCCCC2)ccc1[N+](=O)[O-]. The third kappa shape index (κ3) is 7.32. The van der Waals surface area contributed by atoms with E-state index in [1.807, 2.05) is 0 Å². The molecule has 2 aromatic rings. The van der Waals surface area contributed by atoms with Crippen LogP contribution in [-0.2, 0) is 16.1 Å². The molecule has 1 saturated carbocycles. The van der Waals surface area contributed by atoms with Gasteiger partial charge in [-0.05, 0) is 43.5 Å². The number of nitro benzene ring substituents is 1. The summed E-state index contributed by atoms with van der Waals surface area (Å²) in [4.78, 5) is 38.2. The van der Waals surface area contributed by atoms with E-state index in [-0.39, 0.29) is 42.3 Å². The van der Waals surface area contributed by atoms with Gasteiger partial charge in [0, 0.05) is 29.7 Å². The molecular weight excluding hydrogens is 474 g/mol. The van der Waals surface area contributed by atoms with Gasteiger partial charge in [0.05, 0.1) is 12.0 Å². The zero-order valence-corrected chi connectivity index (χ0v) is 20.6. The summed E-state index contributed by atoms with van der Waals surface area (Å²) in [6.07, 6.45) is 5.22. The first kappa shape index (κ1) is 26.3. The van der Waals surface area contributed by atoms with E-state index in [9.17, 15) is 19.7 Å². The minimum Gasteiger partial charge on any atom is -0.490 e. The Morgan fingerprint density at radius 2 is 1.86 bits per heavy atom. The summed E-state index contributed by atoms with van der Waals surface area (Å²) >= 11 is 5.99. The Balaban J connectivity index is 1.73. The number of ether oxygens (including phenoxy) is 2. The summed E-state index contributed by atoms with van der Waals surface area (Å²) in [7, 11) is 1.32. The fourth-order valence-corrected chi connectivity index (χ4v) is 4.19. The van der Waals surface area contributed by atoms with Crippen molar-refractivity contribution in [1.29, 1.82) is 0 Å². The molecule has 9 nitrogen and oxygen atoms in total. The maximum atomic E-state index is 13.2. The number of nitrogens with zero attached hydrogens (tertiary/aromatic N) is 2. The highest BCUT2D eigenvalue weighted by Crippen LogP contribution is 2.30. The Morgan fingerprint density at radius 3 is 2.49 bits per heavy atom. The number of nitro groups is 1. The number of nitrogens with one attached hydrogen (secondary N) is 1. The van der Waals surface area contributed by atoms with Crippen LogP contribution in [0, 0.1) is 10.1 Å². The zero-order chi connectivity index (χ0) is 25.4. The zero-order valence-electron chi connectivity index (χ0n) is 19.9. The highest BCUT2D eigenvalue weighted by molar-refractivity contribution is 6.30. The highest BCUT2D eigenvalue weighted by Gasteiger charge is 2.28. The second-order valence-electron chi connectivity index (χ2n) is 8.55. The average Bonchev–Trinajstić information content (AvgIpc) is 2.86. The largest absolute Gasteiger partial charge is 0.490 e. The number of carbonyl (C=O) groups excluding carboxylic acids is 2. The first-order valence-corrected chi connectivity index (χ1v) is 12.0. The molecule has 0 radical (unpaired) electrons. The lowest BCUT2D eigenvalue weighted by atomic mass is 9.95. The highest BCUT2D eigenvalue weighted by atomic mass is 35.5. The van der Waals surface area contributed by atoms with E-state index in [0.29, 0.717) is 5.02 Å². The van der Waals surface area contributed by atoms with Crippen molar-refractivity contribution in [3.05, 3.63) is 63.2 Å². The molecule has 0 heterocycles. The van der Waals surface area contributed by atoms with Gasteiger partial charge in [-0.2, -0.15) is 0 Å². The van der Waals surface area contributed by atoms with E-state index in [1.165, 1.54) is 36.6 Å². The van der Waals surface area contributed by atoms with Crippen molar-refractivity contribution in [3.63, 3.8) is 0 Å². The maximum Gasteiger partial charge on any atom is 0.311 e. The molecule has 0 aliphatic heterocycles. The van der Waals surface area contributed by atoms with Gasteiger partial charge in [-0.1, -0.05) is 43.0 Å². The molecule has 1 aliphatic rings. The molecule has 0 bridgehead atoms. The molecule has 2 amide bonds. The van der Waals surface area contributed by atoms with Gasteiger partial charge < -0.3 is 19.7 Å². The molecule has 3 rings (SSSR count). The van der Waals surface area contributed by atoms with Crippen molar-refractivity contribution in [2.45, 2.75) is 57.7 Å². The smallest absolute Gasteiger partial charge is 0.311 e. The molecule has 1 fully saturated rings. The molecule has 0 aromatic heterocycles. The Kier molecular flexibility index (Phi) is 9.31. The van der Waals surface area contributed by atoms with Gasteiger partial charge in [-0.25, -0.2) is 0 Å². The Bertz CT molecular complexity index is 1040. The van der Waals surface area contributed by atoms with Crippen LogP contribution in [0.25, 0.3) is 0 Å². The van der Waals surface area contributed by atoms with Crippen molar-refractivity contribution >= 4 is 29.1 Å². The van der Waals surface area contributed by atoms with Gasteiger partial charge in [0.2, 0.25) is 11.7 Å². The molecular formula is C25H30ClN3O6. The van der Waals surface area contributed by atoms with Crippen LogP contribution in [-0.4, -0.2) is 47.4 Å². The lowest BCUT2D eigenvalue weighted by Gasteiger charge is -2.31. The fourth-order valence-electron chi connectivity index (χ4n) is 4.06. The molecule has 35 heavy (non-hydrogen) atoms. The van der Waals surface area contributed by atoms with Crippen LogP contribution >= 0.6 is 11.6 Å². The summed E-state index contributed by atoms with van der Waals surface area (Å²) in [5, 5.41) is 14.8. The van der Waals surface area contributed by atoms with E-state index in [4.69, 9.17) is 21.1 Å². The number of benzene rings is 2. The summed E-state index contributed by atoms with van der Waals surface area (Å²) in [6, 6.07) is 10.5. The number of rotatable bonds is 10. The second kappa shape index (κ2) is 12.4. The first-order chi connectivity index (χ1) is 16.8. The van der Waals surface area contributed by atoms with Gasteiger partial charge in [0.15, 0.2) is 6.61 Å². The maximum absolute atomic E-state index is 13.2. The van der Waals surface area contributed by atoms with E-state index in [1.54, 1.807) is 31.2 Å². The summed E-state index contributed by atoms with van der Waals surface area (Å²) < 4.78 is 10.7. The third-order valence-corrected chi connectivity index (χ3v) is 6.35. The molecule has 1 atom stereocenters. The van der Waals surface area contributed by atoms with Crippen molar-refractivity contribution < 1.29 is 24.0 Å². The minimum absolute atomic E-state index is 0.0261. The number of hydrogen-bond donors (Lipinski definition) is 1. The number of amides is 2. The third-order valence-electron chi connectivity index (χ3n) is 6.10. The Labute approximate surface area is 209 Å². The Hall–Kier alpha value is -3.33. The fraction of sp³-hybridized carbons (Fsp3) is 0.440. The van der Waals surface area contributed by atoms with Crippen LogP contribution in [0.5, 0.6) is 11.5 Å². The van der Waals surface area contributed by atoms with Gasteiger partial charge in [0.25, 0.3) is 5.91 Å².